The molecule has 58 valence electrons. The van der Waals surface area contributed by atoms with Crippen LogP contribution in [0.5, 0.6) is 0 Å². The average molecular weight is 141 g/mol. The highest BCUT2D eigenvalue weighted by Gasteiger charge is 2.27. The molecule has 0 unspecified atom stereocenters. The maximum absolute atomic E-state index is 5.64. The molecule has 2 heteroatoms. The van der Waals surface area contributed by atoms with Crippen LogP contribution in [-0.4, -0.2) is 25.8 Å². The Morgan fingerprint density at radius 1 is 1.30 bits per heavy atom. The van der Waals surface area contributed by atoms with Gasteiger partial charge in [0.15, 0.2) is 0 Å². The lowest BCUT2D eigenvalue weighted by Crippen LogP contribution is -2.43. The van der Waals surface area contributed by atoms with Crippen LogP contribution in [0.15, 0.2) is 0 Å². The van der Waals surface area contributed by atoms with Gasteiger partial charge in [0.1, 0.15) is 0 Å². The quantitative estimate of drug-likeness (QED) is 0.538. The Balaban J connectivity index is 1.93. The van der Waals surface area contributed by atoms with Gasteiger partial charge in [0.2, 0.25) is 0 Å². The van der Waals surface area contributed by atoms with Gasteiger partial charge in [-0.05, 0) is 31.7 Å². The van der Waals surface area contributed by atoms with Crippen LogP contribution in [0.3, 0.4) is 0 Å². The molecule has 0 aromatic heterocycles. The molecule has 0 saturated carbocycles. The summed E-state index contributed by atoms with van der Waals surface area (Å²) in [4.78, 5) is 0. The summed E-state index contributed by atoms with van der Waals surface area (Å²) in [5.74, 6) is 0.822. The number of fused-ring (bicyclic) bond motifs is 1. The standard InChI is InChI=1S/C8H15NO/c1-2-7-6-9-4-3-8(7)10-5-1/h7-9H,1-6H2/t7-,8-/m1/s1. The van der Waals surface area contributed by atoms with Crippen LogP contribution in [0, 0.1) is 5.92 Å². The van der Waals surface area contributed by atoms with Gasteiger partial charge in [-0.15, -0.1) is 0 Å². The molecule has 2 atom stereocenters. The third kappa shape index (κ3) is 1.18. The highest BCUT2D eigenvalue weighted by atomic mass is 16.5. The van der Waals surface area contributed by atoms with Crippen LogP contribution in [0.4, 0.5) is 0 Å². The lowest BCUT2D eigenvalue weighted by atomic mass is 9.90. The van der Waals surface area contributed by atoms with Gasteiger partial charge in [0, 0.05) is 13.2 Å². The highest BCUT2D eigenvalue weighted by Crippen LogP contribution is 2.24. The summed E-state index contributed by atoms with van der Waals surface area (Å²) in [6, 6.07) is 0. The maximum atomic E-state index is 5.64. The minimum absolute atomic E-state index is 0.593. The maximum Gasteiger partial charge on any atom is 0.0627 e. The van der Waals surface area contributed by atoms with Crippen molar-refractivity contribution in [3.8, 4) is 0 Å². The van der Waals surface area contributed by atoms with E-state index in [1.807, 2.05) is 0 Å². The molecule has 0 spiro atoms. The minimum Gasteiger partial charge on any atom is -0.378 e. The molecule has 2 saturated heterocycles. The molecular weight excluding hydrogens is 126 g/mol. The van der Waals surface area contributed by atoms with Gasteiger partial charge in [-0.1, -0.05) is 0 Å². The summed E-state index contributed by atoms with van der Waals surface area (Å²) >= 11 is 0. The molecule has 10 heavy (non-hydrogen) atoms. The van der Waals surface area contributed by atoms with Gasteiger partial charge in [0.25, 0.3) is 0 Å². The van der Waals surface area contributed by atoms with E-state index in [2.05, 4.69) is 5.32 Å². The first kappa shape index (κ1) is 6.62. The van der Waals surface area contributed by atoms with Gasteiger partial charge in [-0.3, -0.25) is 0 Å². The highest BCUT2D eigenvalue weighted by molar-refractivity contribution is 4.80. The van der Waals surface area contributed by atoms with E-state index in [4.69, 9.17) is 4.74 Å². The molecule has 2 aliphatic rings. The smallest absolute Gasteiger partial charge is 0.0627 e. The molecule has 2 rings (SSSR count). The average Bonchev–Trinajstić information content (AvgIpc) is 2.05. The van der Waals surface area contributed by atoms with E-state index in [0.29, 0.717) is 6.10 Å². The van der Waals surface area contributed by atoms with E-state index in [0.717, 1.165) is 19.1 Å². The number of hydrogen-bond donors (Lipinski definition) is 1. The first-order chi connectivity index (χ1) is 4.97. The Hall–Kier alpha value is -0.0800. The van der Waals surface area contributed by atoms with E-state index in [1.165, 1.54) is 25.8 Å². The summed E-state index contributed by atoms with van der Waals surface area (Å²) in [6.45, 7) is 3.34. The first-order valence-electron chi connectivity index (χ1n) is 4.29. The molecule has 0 aromatic carbocycles. The lowest BCUT2D eigenvalue weighted by molar-refractivity contribution is -0.0406. The Kier molecular flexibility index (Phi) is 1.91. The number of hydrogen-bond acceptors (Lipinski definition) is 2. The molecule has 0 radical (unpaired) electrons. The third-order valence-electron chi connectivity index (χ3n) is 2.59. The van der Waals surface area contributed by atoms with E-state index in [9.17, 15) is 0 Å². The number of nitrogens with one attached hydrogen (secondary N) is 1. The van der Waals surface area contributed by atoms with Gasteiger partial charge < -0.3 is 10.1 Å². The molecule has 2 aliphatic heterocycles. The van der Waals surface area contributed by atoms with Gasteiger partial charge in [-0.25, -0.2) is 0 Å². The molecule has 0 amide bonds. The van der Waals surface area contributed by atoms with E-state index in [-0.39, 0.29) is 0 Å². The van der Waals surface area contributed by atoms with Crippen molar-refractivity contribution in [2.75, 3.05) is 19.7 Å². The molecule has 2 fully saturated rings. The Morgan fingerprint density at radius 3 is 3.20 bits per heavy atom. The zero-order valence-corrected chi connectivity index (χ0v) is 6.31. The second-order valence-electron chi connectivity index (χ2n) is 3.30. The summed E-state index contributed by atoms with van der Waals surface area (Å²) in [6.07, 6.45) is 4.46. The fourth-order valence-electron chi connectivity index (χ4n) is 1.99. The van der Waals surface area contributed by atoms with Crippen molar-refractivity contribution in [2.24, 2.45) is 5.92 Å². The summed E-state index contributed by atoms with van der Waals surface area (Å²) in [5.41, 5.74) is 0. The Labute approximate surface area is 61.9 Å². The zero-order valence-electron chi connectivity index (χ0n) is 6.31. The van der Waals surface area contributed by atoms with Gasteiger partial charge in [0.05, 0.1) is 6.10 Å². The second-order valence-corrected chi connectivity index (χ2v) is 3.30. The van der Waals surface area contributed by atoms with Crippen molar-refractivity contribution in [3.63, 3.8) is 0 Å². The van der Waals surface area contributed by atoms with Crippen molar-refractivity contribution >= 4 is 0 Å². The summed E-state index contributed by atoms with van der Waals surface area (Å²) in [7, 11) is 0. The minimum atomic E-state index is 0.593. The van der Waals surface area contributed by atoms with Crippen LogP contribution in [-0.2, 0) is 4.74 Å². The molecular formula is C8H15NO. The van der Waals surface area contributed by atoms with Crippen LogP contribution >= 0.6 is 0 Å². The van der Waals surface area contributed by atoms with Crippen molar-refractivity contribution in [3.05, 3.63) is 0 Å². The normalized spacial score (nSPS) is 40.8. The number of piperidine rings is 1. The van der Waals surface area contributed by atoms with E-state index >= 15 is 0 Å². The van der Waals surface area contributed by atoms with Crippen LogP contribution < -0.4 is 5.32 Å². The molecule has 1 N–H and O–H groups in total. The second kappa shape index (κ2) is 2.89. The van der Waals surface area contributed by atoms with Crippen molar-refractivity contribution in [1.29, 1.82) is 0 Å². The summed E-state index contributed by atoms with van der Waals surface area (Å²) < 4.78 is 5.64. The molecule has 2 nitrogen and oxygen atoms in total. The van der Waals surface area contributed by atoms with Gasteiger partial charge in [-0.2, -0.15) is 0 Å². The van der Waals surface area contributed by atoms with Gasteiger partial charge >= 0.3 is 0 Å². The third-order valence-corrected chi connectivity index (χ3v) is 2.59. The fraction of sp³-hybridized carbons (Fsp3) is 1.00. The first-order valence-corrected chi connectivity index (χ1v) is 4.29. The molecule has 0 bridgehead atoms. The van der Waals surface area contributed by atoms with Crippen molar-refractivity contribution in [2.45, 2.75) is 25.4 Å². The van der Waals surface area contributed by atoms with Crippen LogP contribution in [0.25, 0.3) is 0 Å². The van der Waals surface area contributed by atoms with Crippen LogP contribution in [0.1, 0.15) is 19.3 Å². The summed E-state index contributed by atoms with van der Waals surface area (Å²) in [5, 5.41) is 3.40. The fourth-order valence-corrected chi connectivity index (χ4v) is 1.99. The largest absolute Gasteiger partial charge is 0.378 e. The Bertz CT molecular complexity index is 89.8. The number of rotatable bonds is 0. The molecule has 0 aromatic rings. The van der Waals surface area contributed by atoms with E-state index in [1.54, 1.807) is 0 Å². The predicted molar refractivity (Wildman–Crippen MR) is 40.0 cm³/mol. The zero-order chi connectivity index (χ0) is 6.81. The topological polar surface area (TPSA) is 21.3 Å². The van der Waals surface area contributed by atoms with Crippen LogP contribution in [0.2, 0.25) is 0 Å². The monoisotopic (exact) mass is 141 g/mol. The molecule has 2 heterocycles. The lowest BCUT2D eigenvalue weighted by Gasteiger charge is -2.35. The van der Waals surface area contributed by atoms with E-state index < -0.39 is 0 Å². The predicted octanol–water partition coefficient (Wildman–Crippen LogP) is 0.775. The number of ether oxygens (including phenoxy) is 1. The Morgan fingerprint density at radius 2 is 2.30 bits per heavy atom. The van der Waals surface area contributed by atoms with Crippen molar-refractivity contribution in [1.82, 2.24) is 5.32 Å². The van der Waals surface area contributed by atoms with Crippen molar-refractivity contribution < 1.29 is 4.74 Å². The molecule has 0 aliphatic carbocycles. The SMILES string of the molecule is C1CO[C@@H]2CCNC[C@H]2C1.